The first-order chi connectivity index (χ1) is 15.8. The third-order valence-electron chi connectivity index (χ3n) is 6.22. The predicted molar refractivity (Wildman–Crippen MR) is 105 cm³/mol. The smallest absolute Gasteiger partial charge is 0.433 e. The molecule has 1 aromatic heterocycles. The van der Waals surface area contributed by atoms with Crippen molar-refractivity contribution >= 4 is 6.09 Å². The van der Waals surface area contributed by atoms with Crippen molar-refractivity contribution in [3.63, 3.8) is 0 Å². The molecular weight excluding hydrogens is 445 g/mol. The molecule has 0 N–H and O–H groups in total. The molecular formula is C21H25F3N4O5. The number of alkyl halides is 3. The van der Waals surface area contributed by atoms with Crippen LogP contribution in [0.3, 0.4) is 0 Å². The van der Waals surface area contributed by atoms with Gasteiger partial charge in [-0.3, -0.25) is 0 Å². The highest BCUT2D eigenvalue weighted by atomic mass is 19.4. The number of amides is 1. The highest BCUT2D eigenvalue weighted by Gasteiger charge is 2.64. The minimum Gasteiger partial charge on any atom is -0.472 e. The van der Waals surface area contributed by atoms with Crippen LogP contribution in [0.2, 0.25) is 0 Å². The number of carbonyl (C=O) groups excluding carboxylic acids is 1. The molecule has 0 bridgehead atoms. The van der Waals surface area contributed by atoms with Crippen LogP contribution in [0, 0.1) is 11.3 Å². The number of nitriles is 1. The molecule has 0 aromatic carbocycles. The fourth-order valence-electron chi connectivity index (χ4n) is 4.18. The summed E-state index contributed by atoms with van der Waals surface area (Å²) in [4.78, 5) is 21.6. The average molecular weight is 470 g/mol. The van der Waals surface area contributed by atoms with E-state index in [1.54, 1.807) is 0 Å². The number of ether oxygens (including phenoxy) is 4. The predicted octanol–water partition coefficient (Wildman–Crippen LogP) is 2.99. The third kappa shape index (κ3) is 5.30. The van der Waals surface area contributed by atoms with Gasteiger partial charge in [0, 0.05) is 25.5 Å². The van der Waals surface area contributed by atoms with Gasteiger partial charge in [-0.2, -0.15) is 18.4 Å². The maximum absolute atomic E-state index is 13.2. The van der Waals surface area contributed by atoms with Gasteiger partial charge >= 0.3 is 12.3 Å². The molecule has 1 amide bonds. The van der Waals surface area contributed by atoms with E-state index < -0.39 is 31.1 Å². The Morgan fingerprint density at radius 2 is 1.67 bits per heavy atom. The fourth-order valence-corrected chi connectivity index (χ4v) is 4.18. The first-order valence-electron chi connectivity index (χ1n) is 11.0. The Labute approximate surface area is 188 Å². The molecule has 0 atom stereocenters. The van der Waals surface area contributed by atoms with Crippen LogP contribution in [-0.2, 0) is 14.2 Å². The number of hydrogen-bond acceptors (Lipinski definition) is 8. The number of likely N-dealkylation sites (tertiary alicyclic amines) is 1. The minimum atomic E-state index is -4.66. The molecule has 180 valence electrons. The zero-order chi connectivity index (χ0) is 23.5. The lowest BCUT2D eigenvalue weighted by Crippen LogP contribution is -2.64. The molecule has 9 nitrogen and oxygen atoms in total. The normalized spacial score (nSPS) is 25.6. The SMILES string of the molecule is N#Cc1nccnc1O[C@H]1CC[C@H](OC2CCN(C(=O)OC3(C(F)(F)F)COC3)CC2)CC1. The molecule has 2 aliphatic heterocycles. The van der Waals surface area contributed by atoms with Crippen LogP contribution in [0.15, 0.2) is 12.4 Å². The molecule has 3 aliphatic rings. The van der Waals surface area contributed by atoms with Gasteiger partial charge in [-0.05, 0) is 38.5 Å². The summed E-state index contributed by atoms with van der Waals surface area (Å²) in [7, 11) is 0. The van der Waals surface area contributed by atoms with Crippen molar-refractivity contribution in [2.45, 2.75) is 68.6 Å². The monoisotopic (exact) mass is 470 g/mol. The fraction of sp³-hybridized carbons (Fsp3) is 0.714. The lowest BCUT2D eigenvalue weighted by molar-refractivity contribution is -0.333. The third-order valence-corrected chi connectivity index (χ3v) is 6.22. The van der Waals surface area contributed by atoms with E-state index in [0.29, 0.717) is 12.8 Å². The second kappa shape index (κ2) is 9.69. The Morgan fingerprint density at radius 1 is 1.06 bits per heavy atom. The van der Waals surface area contributed by atoms with Crippen molar-refractivity contribution in [1.29, 1.82) is 5.26 Å². The molecule has 12 heteroatoms. The van der Waals surface area contributed by atoms with Crippen molar-refractivity contribution < 1.29 is 36.9 Å². The Balaban J connectivity index is 1.18. The Bertz CT molecular complexity index is 873. The number of hydrogen-bond donors (Lipinski definition) is 0. The van der Waals surface area contributed by atoms with Crippen molar-refractivity contribution in [2.24, 2.45) is 0 Å². The van der Waals surface area contributed by atoms with Gasteiger partial charge in [0.2, 0.25) is 5.69 Å². The first kappa shape index (κ1) is 23.5. The van der Waals surface area contributed by atoms with Crippen molar-refractivity contribution in [1.82, 2.24) is 14.9 Å². The molecule has 0 unspecified atom stereocenters. The highest BCUT2D eigenvalue weighted by molar-refractivity contribution is 5.68. The van der Waals surface area contributed by atoms with Gasteiger partial charge < -0.3 is 23.8 Å². The summed E-state index contributed by atoms with van der Waals surface area (Å²) in [6.45, 7) is -0.771. The van der Waals surface area contributed by atoms with E-state index in [2.05, 4.69) is 14.7 Å². The van der Waals surface area contributed by atoms with Crippen LogP contribution >= 0.6 is 0 Å². The lowest BCUT2D eigenvalue weighted by atomic mass is 9.94. The van der Waals surface area contributed by atoms with Crippen molar-refractivity contribution in [3.05, 3.63) is 18.1 Å². The van der Waals surface area contributed by atoms with Gasteiger partial charge in [0.15, 0.2) is 0 Å². The number of aromatic nitrogens is 2. The summed E-state index contributed by atoms with van der Waals surface area (Å²) in [5.74, 6) is 0.240. The zero-order valence-corrected chi connectivity index (χ0v) is 17.9. The molecule has 3 fully saturated rings. The van der Waals surface area contributed by atoms with Gasteiger partial charge in [0.1, 0.15) is 12.2 Å². The summed E-state index contributed by atoms with van der Waals surface area (Å²) in [5.41, 5.74) is -2.37. The molecule has 4 rings (SSSR count). The summed E-state index contributed by atoms with van der Waals surface area (Å²) < 4.78 is 61.0. The van der Waals surface area contributed by atoms with Gasteiger partial charge in [0.05, 0.1) is 25.4 Å². The number of piperidine rings is 1. The topological polar surface area (TPSA) is 107 Å². The highest BCUT2D eigenvalue weighted by Crippen LogP contribution is 2.40. The van der Waals surface area contributed by atoms with E-state index in [1.807, 2.05) is 6.07 Å². The standard InChI is InChI=1S/C21H25F3N4O5/c22-21(23,24)20(12-30-13-20)33-19(29)28-9-5-16(6-10-28)31-14-1-3-15(4-2-14)32-18-17(11-25)26-7-8-27-18/h7-8,14-16H,1-6,9-10,12-13H2/t14-,15-. The second-order valence-electron chi connectivity index (χ2n) is 8.51. The number of carbonyl (C=O) groups is 1. The lowest BCUT2D eigenvalue weighted by Gasteiger charge is -2.43. The van der Waals surface area contributed by atoms with Crippen LogP contribution in [0.5, 0.6) is 5.88 Å². The Kier molecular flexibility index (Phi) is 6.90. The van der Waals surface area contributed by atoms with E-state index in [4.69, 9.17) is 19.5 Å². The molecule has 0 spiro atoms. The number of nitrogens with zero attached hydrogens (tertiary/aromatic N) is 4. The Morgan fingerprint density at radius 3 is 2.24 bits per heavy atom. The summed E-state index contributed by atoms with van der Waals surface area (Å²) in [6.07, 6.45) is 1.34. The minimum absolute atomic E-state index is 0.0475. The summed E-state index contributed by atoms with van der Waals surface area (Å²) in [5, 5.41) is 9.09. The summed E-state index contributed by atoms with van der Waals surface area (Å²) >= 11 is 0. The van der Waals surface area contributed by atoms with Gasteiger partial charge in [-0.1, -0.05) is 0 Å². The molecule has 3 heterocycles. The molecule has 0 radical (unpaired) electrons. The van der Waals surface area contributed by atoms with E-state index in [-0.39, 0.29) is 43.0 Å². The number of rotatable bonds is 5. The molecule has 1 saturated carbocycles. The average Bonchev–Trinajstić information content (AvgIpc) is 2.77. The second-order valence-corrected chi connectivity index (χ2v) is 8.51. The van der Waals surface area contributed by atoms with Gasteiger partial charge in [-0.25, -0.2) is 14.8 Å². The largest absolute Gasteiger partial charge is 0.472 e. The van der Waals surface area contributed by atoms with E-state index >= 15 is 0 Å². The van der Waals surface area contributed by atoms with E-state index in [0.717, 1.165) is 25.7 Å². The quantitative estimate of drug-likeness (QED) is 0.647. The zero-order valence-electron chi connectivity index (χ0n) is 17.9. The summed E-state index contributed by atoms with van der Waals surface area (Å²) in [6, 6.07) is 1.96. The maximum atomic E-state index is 13.2. The molecule has 1 aromatic rings. The van der Waals surface area contributed by atoms with E-state index in [9.17, 15) is 18.0 Å². The molecule has 33 heavy (non-hydrogen) atoms. The van der Waals surface area contributed by atoms with Crippen LogP contribution in [-0.4, -0.2) is 77.4 Å². The van der Waals surface area contributed by atoms with Crippen LogP contribution in [0.1, 0.15) is 44.2 Å². The van der Waals surface area contributed by atoms with Crippen molar-refractivity contribution in [2.75, 3.05) is 26.3 Å². The van der Waals surface area contributed by atoms with E-state index in [1.165, 1.54) is 17.3 Å². The van der Waals surface area contributed by atoms with Crippen LogP contribution in [0.25, 0.3) is 0 Å². The van der Waals surface area contributed by atoms with Crippen molar-refractivity contribution in [3.8, 4) is 11.9 Å². The van der Waals surface area contributed by atoms with Gasteiger partial charge in [0.25, 0.3) is 11.5 Å². The van der Waals surface area contributed by atoms with Crippen LogP contribution in [0.4, 0.5) is 18.0 Å². The maximum Gasteiger partial charge on any atom is 0.433 e. The first-order valence-corrected chi connectivity index (χ1v) is 11.0. The Hall–Kier alpha value is -2.65. The van der Waals surface area contributed by atoms with Gasteiger partial charge in [-0.15, -0.1) is 0 Å². The number of halogens is 3. The molecule has 2 saturated heterocycles. The van der Waals surface area contributed by atoms with Crippen LogP contribution < -0.4 is 4.74 Å². The molecule has 1 aliphatic carbocycles.